The molecule has 0 radical (unpaired) electrons. The number of anilines is 1. The van der Waals surface area contributed by atoms with Crippen LogP contribution in [0, 0.1) is 5.92 Å². The summed E-state index contributed by atoms with van der Waals surface area (Å²) in [5.74, 6) is -1.16. The highest BCUT2D eigenvalue weighted by Gasteiger charge is 2.34. The zero-order chi connectivity index (χ0) is 17.3. The van der Waals surface area contributed by atoms with E-state index in [1.54, 1.807) is 12.1 Å². The van der Waals surface area contributed by atoms with Crippen molar-refractivity contribution in [2.75, 3.05) is 24.5 Å². The molecule has 0 aliphatic carbocycles. The van der Waals surface area contributed by atoms with Gasteiger partial charge in [0.15, 0.2) is 0 Å². The van der Waals surface area contributed by atoms with E-state index >= 15 is 0 Å². The number of sulfonamides is 1. The predicted molar refractivity (Wildman–Crippen MR) is 88.7 cm³/mol. The van der Waals surface area contributed by atoms with Crippen LogP contribution in [0.5, 0.6) is 0 Å². The molecule has 0 spiro atoms. The molecule has 1 aromatic carbocycles. The van der Waals surface area contributed by atoms with Crippen molar-refractivity contribution in [3.8, 4) is 0 Å². The van der Waals surface area contributed by atoms with E-state index in [2.05, 4.69) is 0 Å². The first-order valence-electron chi connectivity index (χ1n) is 8.09. The molecule has 0 bridgehead atoms. The van der Waals surface area contributed by atoms with Gasteiger partial charge in [-0.05, 0) is 37.1 Å². The molecule has 24 heavy (non-hydrogen) atoms. The lowest BCUT2D eigenvalue weighted by molar-refractivity contribution is -0.123. The third-order valence-corrected chi connectivity index (χ3v) is 6.54. The lowest BCUT2D eigenvalue weighted by Gasteiger charge is -2.26. The van der Waals surface area contributed by atoms with Gasteiger partial charge < -0.3 is 10.6 Å². The van der Waals surface area contributed by atoms with Crippen LogP contribution in [-0.4, -0.2) is 44.2 Å². The minimum Gasteiger partial charge on any atom is -0.369 e. The van der Waals surface area contributed by atoms with Crippen molar-refractivity contribution < 1.29 is 18.0 Å². The van der Waals surface area contributed by atoms with Crippen LogP contribution in [0.2, 0.25) is 0 Å². The van der Waals surface area contributed by atoms with Crippen LogP contribution in [-0.2, 0) is 19.6 Å². The third kappa shape index (κ3) is 3.16. The average molecular weight is 351 g/mol. The smallest absolute Gasteiger partial charge is 0.243 e. The lowest BCUT2D eigenvalue weighted by Crippen LogP contribution is -2.35. The Kier molecular flexibility index (Phi) is 4.60. The van der Waals surface area contributed by atoms with E-state index in [1.165, 1.54) is 21.3 Å². The van der Waals surface area contributed by atoms with Gasteiger partial charge in [0.05, 0.1) is 10.8 Å². The molecule has 2 saturated heterocycles. The normalized spacial score (nSPS) is 22.8. The predicted octanol–water partition coefficient (Wildman–Crippen LogP) is 0.699. The molecule has 1 aromatic rings. The molecule has 2 heterocycles. The van der Waals surface area contributed by atoms with Crippen LogP contribution >= 0.6 is 0 Å². The molecule has 1 atom stereocenters. The minimum atomic E-state index is -3.48. The van der Waals surface area contributed by atoms with E-state index in [-0.39, 0.29) is 23.8 Å². The SMILES string of the molecule is NC(=O)[C@H]1CC(=O)N(c2ccc(S(=O)(=O)N3CCCCC3)cc2)C1. The zero-order valence-electron chi connectivity index (χ0n) is 13.3. The summed E-state index contributed by atoms with van der Waals surface area (Å²) in [4.78, 5) is 25.0. The molecular weight excluding hydrogens is 330 g/mol. The molecule has 130 valence electrons. The molecule has 7 nitrogen and oxygen atoms in total. The Balaban J connectivity index is 1.78. The Morgan fingerprint density at radius 1 is 1.08 bits per heavy atom. The number of benzene rings is 1. The highest BCUT2D eigenvalue weighted by Crippen LogP contribution is 2.27. The second-order valence-corrected chi connectivity index (χ2v) is 8.20. The molecule has 0 saturated carbocycles. The van der Waals surface area contributed by atoms with Crippen LogP contribution in [0.3, 0.4) is 0 Å². The molecule has 2 aliphatic heterocycles. The van der Waals surface area contributed by atoms with E-state index in [0.717, 1.165) is 19.3 Å². The minimum absolute atomic E-state index is 0.100. The Labute approximate surface area is 141 Å². The molecule has 0 aromatic heterocycles. The third-order valence-electron chi connectivity index (χ3n) is 4.63. The number of hydrogen-bond acceptors (Lipinski definition) is 4. The second-order valence-electron chi connectivity index (χ2n) is 6.27. The fourth-order valence-electron chi connectivity index (χ4n) is 3.20. The van der Waals surface area contributed by atoms with Gasteiger partial charge in [-0.3, -0.25) is 9.59 Å². The molecule has 8 heteroatoms. The Bertz CT molecular complexity index is 739. The Hall–Kier alpha value is -1.93. The highest BCUT2D eigenvalue weighted by molar-refractivity contribution is 7.89. The first-order valence-corrected chi connectivity index (χ1v) is 9.53. The van der Waals surface area contributed by atoms with Crippen LogP contribution in [0.1, 0.15) is 25.7 Å². The van der Waals surface area contributed by atoms with E-state index in [1.807, 2.05) is 0 Å². The molecule has 0 unspecified atom stereocenters. The number of carbonyl (C=O) groups excluding carboxylic acids is 2. The maximum Gasteiger partial charge on any atom is 0.243 e. The first kappa shape index (κ1) is 16.9. The number of nitrogens with zero attached hydrogens (tertiary/aromatic N) is 2. The molecular formula is C16H21N3O4S. The summed E-state index contributed by atoms with van der Waals surface area (Å²) in [5, 5.41) is 0. The maximum atomic E-state index is 12.6. The first-order chi connectivity index (χ1) is 11.4. The largest absolute Gasteiger partial charge is 0.369 e. The lowest BCUT2D eigenvalue weighted by atomic mass is 10.1. The molecule has 2 amide bonds. The summed E-state index contributed by atoms with van der Waals surface area (Å²) in [6.45, 7) is 1.34. The molecule has 2 aliphatic rings. The van der Waals surface area contributed by atoms with Gasteiger partial charge in [-0.15, -0.1) is 0 Å². The number of carbonyl (C=O) groups is 2. The van der Waals surface area contributed by atoms with Crippen molar-refractivity contribution in [2.24, 2.45) is 11.7 Å². The van der Waals surface area contributed by atoms with E-state index in [0.29, 0.717) is 18.8 Å². The van der Waals surface area contributed by atoms with Gasteiger partial charge in [-0.25, -0.2) is 8.42 Å². The van der Waals surface area contributed by atoms with E-state index < -0.39 is 21.8 Å². The Morgan fingerprint density at radius 3 is 2.25 bits per heavy atom. The maximum absolute atomic E-state index is 12.6. The summed E-state index contributed by atoms with van der Waals surface area (Å²) in [7, 11) is -3.48. The summed E-state index contributed by atoms with van der Waals surface area (Å²) in [6.07, 6.45) is 2.93. The number of piperidine rings is 1. The molecule has 3 rings (SSSR count). The van der Waals surface area contributed by atoms with Crippen molar-refractivity contribution in [1.82, 2.24) is 4.31 Å². The van der Waals surface area contributed by atoms with Gasteiger partial charge >= 0.3 is 0 Å². The Morgan fingerprint density at radius 2 is 1.71 bits per heavy atom. The van der Waals surface area contributed by atoms with Gasteiger partial charge in [-0.2, -0.15) is 4.31 Å². The van der Waals surface area contributed by atoms with Crippen molar-refractivity contribution in [3.05, 3.63) is 24.3 Å². The number of nitrogens with two attached hydrogens (primary N) is 1. The quantitative estimate of drug-likeness (QED) is 0.863. The summed E-state index contributed by atoms with van der Waals surface area (Å²) in [5.41, 5.74) is 5.85. The summed E-state index contributed by atoms with van der Waals surface area (Å²) >= 11 is 0. The van der Waals surface area contributed by atoms with Gasteiger partial charge in [0.2, 0.25) is 21.8 Å². The van der Waals surface area contributed by atoms with Crippen molar-refractivity contribution >= 4 is 27.5 Å². The number of rotatable bonds is 4. The zero-order valence-corrected chi connectivity index (χ0v) is 14.2. The summed E-state index contributed by atoms with van der Waals surface area (Å²) < 4.78 is 26.7. The number of amides is 2. The molecule has 2 fully saturated rings. The van der Waals surface area contributed by atoms with Gasteiger partial charge in [0.25, 0.3) is 0 Å². The molecule has 2 N–H and O–H groups in total. The average Bonchev–Trinajstić information content (AvgIpc) is 2.98. The fourth-order valence-corrected chi connectivity index (χ4v) is 4.72. The summed E-state index contributed by atoms with van der Waals surface area (Å²) in [6, 6.07) is 6.25. The monoisotopic (exact) mass is 351 g/mol. The number of hydrogen-bond donors (Lipinski definition) is 1. The standard InChI is InChI=1S/C16H21N3O4S/c17-16(21)12-10-15(20)19(11-12)13-4-6-14(7-5-13)24(22,23)18-8-2-1-3-9-18/h4-7,12H,1-3,8-11H2,(H2,17,21)/t12-/m0/s1. The van der Waals surface area contributed by atoms with Gasteiger partial charge in [-0.1, -0.05) is 6.42 Å². The highest BCUT2D eigenvalue weighted by atomic mass is 32.2. The van der Waals surface area contributed by atoms with E-state index in [4.69, 9.17) is 5.73 Å². The van der Waals surface area contributed by atoms with Gasteiger partial charge in [0.1, 0.15) is 0 Å². The van der Waals surface area contributed by atoms with Crippen molar-refractivity contribution in [2.45, 2.75) is 30.6 Å². The van der Waals surface area contributed by atoms with Crippen LogP contribution in [0.4, 0.5) is 5.69 Å². The fraction of sp³-hybridized carbons (Fsp3) is 0.500. The van der Waals surface area contributed by atoms with E-state index in [9.17, 15) is 18.0 Å². The topological polar surface area (TPSA) is 101 Å². The van der Waals surface area contributed by atoms with Crippen molar-refractivity contribution in [3.63, 3.8) is 0 Å². The van der Waals surface area contributed by atoms with Gasteiger partial charge in [0, 0.05) is 31.7 Å². The van der Waals surface area contributed by atoms with Crippen LogP contribution in [0.25, 0.3) is 0 Å². The second kappa shape index (κ2) is 6.52. The van der Waals surface area contributed by atoms with Crippen LogP contribution < -0.4 is 10.6 Å². The van der Waals surface area contributed by atoms with Crippen LogP contribution in [0.15, 0.2) is 29.2 Å². The number of primary amides is 1. The van der Waals surface area contributed by atoms with Crippen molar-refractivity contribution in [1.29, 1.82) is 0 Å².